The molecule has 2 fully saturated rings. The molecule has 27 heavy (non-hydrogen) atoms. The third-order valence-corrected chi connectivity index (χ3v) is 6.21. The van der Waals surface area contributed by atoms with E-state index in [1.165, 1.54) is 11.1 Å². The fourth-order valence-electron chi connectivity index (χ4n) is 3.91. The summed E-state index contributed by atoms with van der Waals surface area (Å²) < 4.78 is 0. The second-order valence-corrected chi connectivity index (χ2v) is 8.05. The van der Waals surface area contributed by atoms with Crippen molar-refractivity contribution in [2.24, 2.45) is 0 Å². The highest BCUT2D eigenvalue weighted by atomic mass is 32.1. The lowest BCUT2D eigenvalue weighted by Crippen LogP contribution is -2.53. The van der Waals surface area contributed by atoms with Gasteiger partial charge in [0.2, 0.25) is 5.91 Å². The Hall–Kier alpha value is -1.80. The van der Waals surface area contributed by atoms with Gasteiger partial charge in [-0.3, -0.25) is 19.6 Å². The fraction of sp³-hybridized carbons (Fsp3) is 0.500. The van der Waals surface area contributed by atoms with E-state index in [1.807, 2.05) is 17.2 Å². The highest BCUT2D eigenvalue weighted by molar-refractivity contribution is 7.07. The van der Waals surface area contributed by atoms with Crippen LogP contribution < -0.4 is 5.32 Å². The molecule has 6 nitrogen and oxygen atoms in total. The van der Waals surface area contributed by atoms with Crippen molar-refractivity contribution in [2.45, 2.75) is 12.6 Å². The first kappa shape index (κ1) is 18.6. The number of rotatable bonds is 5. The lowest BCUT2D eigenvalue weighted by molar-refractivity contribution is -0.135. The van der Waals surface area contributed by atoms with Crippen LogP contribution in [0, 0.1) is 0 Å². The average molecular weight is 386 g/mol. The largest absolute Gasteiger partial charge is 0.339 e. The molecule has 0 bridgehead atoms. The number of carbonyl (C=O) groups is 1. The number of carbonyl (C=O) groups excluding carboxylic acids is 1. The van der Waals surface area contributed by atoms with Gasteiger partial charge in [-0.1, -0.05) is 6.07 Å². The molecule has 0 aliphatic carbocycles. The zero-order valence-corrected chi connectivity index (χ0v) is 16.4. The number of hydrogen-bond acceptors (Lipinski definition) is 6. The molecule has 1 N–H and O–H groups in total. The number of amides is 1. The maximum atomic E-state index is 12.9. The second kappa shape index (κ2) is 8.93. The smallest absolute Gasteiger partial charge is 0.236 e. The van der Waals surface area contributed by atoms with Gasteiger partial charge in [-0.05, 0) is 34.0 Å². The van der Waals surface area contributed by atoms with Crippen molar-refractivity contribution in [1.29, 1.82) is 0 Å². The minimum Gasteiger partial charge on any atom is -0.339 e. The number of piperazine rings is 2. The molecule has 7 heteroatoms. The molecule has 0 saturated carbocycles. The molecule has 1 amide bonds. The summed E-state index contributed by atoms with van der Waals surface area (Å²) in [4.78, 5) is 23.9. The molecule has 0 radical (unpaired) electrons. The minimum atomic E-state index is 0.219. The summed E-state index contributed by atoms with van der Waals surface area (Å²) in [5.74, 6) is 0.251. The molecule has 2 aromatic rings. The maximum absolute atomic E-state index is 12.9. The van der Waals surface area contributed by atoms with E-state index in [-0.39, 0.29) is 11.9 Å². The van der Waals surface area contributed by atoms with Gasteiger partial charge in [0, 0.05) is 70.8 Å². The van der Waals surface area contributed by atoms with Crippen LogP contribution in [0.2, 0.25) is 0 Å². The topological polar surface area (TPSA) is 51.7 Å². The zero-order chi connectivity index (χ0) is 18.5. The van der Waals surface area contributed by atoms with Gasteiger partial charge in [0.1, 0.15) is 0 Å². The summed E-state index contributed by atoms with van der Waals surface area (Å²) in [6.45, 7) is 7.73. The number of nitrogens with zero attached hydrogens (tertiary/aromatic N) is 4. The first-order valence-electron chi connectivity index (χ1n) is 9.65. The SMILES string of the molecule is O=C(CN1CCNCC1c1cccnc1)N1CCN(Cc2ccsc2)CC1. The lowest BCUT2D eigenvalue weighted by atomic mass is 10.1. The van der Waals surface area contributed by atoms with Crippen LogP contribution >= 0.6 is 11.3 Å². The van der Waals surface area contributed by atoms with Crippen molar-refractivity contribution >= 4 is 17.2 Å². The standard InChI is InChI=1S/C20H27N5OS/c26-20(24-9-7-23(8-10-24)14-17-3-11-27-16-17)15-25-6-5-22-13-19(25)18-2-1-4-21-12-18/h1-4,11-12,16,19,22H,5-10,13-15H2. The van der Waals surface area contributed by atoms with E-state index in [9.17, 15) is 4.79 Å². The Kier molecular flexibility index (Phi) is 6.14. The summed E-state index contributed by atoms with van der Waals surface area (Å²) in [5, 5.41) is 7.78. The molecule has 2 saturated heterocycles. The van der Waals surface area contributed by atoms with Crippen LogP contribution in [0.25, 0.3) is 0 Å². The molecule has 1 atom stereocenters. The number of pyridine rings is 1. The monoisotopic (exact) mass is 385 g/mol. The van der Waals surface area contributed by atoms with Crippen LogP contribution in [0.4, 0.5) is 0 Å². The normalized spacial score (nSPS) is 22.1. The summed E-state index contributed by atoms with van der Waals surface area (Å²) >= 11 is 1.75. The number of aromatic nitrogens is 1. The van der Waals surface area contributed by atoms with Gasteiger partial charge in [0.05, 0.1) is 6.54 Å². The van der Waals surface area contributed by atoms with Gasteiger partial charge >= 0.3 is 0 Å². The van der Waals surface area contributed by atoms with E-state index in [1.54, 1.807) is 17.5 Å². The molecule has 144 valence electrons. The van der Waals surface area contributed by atoms with E-state index < -0.39 is 0 Å². The highest BCUT2D eigenvalue weighted by Crippen LogP contribution is 2.21. The molecule has 2 aliphatic rings. The predicted octanol–water partition coefficient (Wildman–Crippen LogP) is 1.43. The van der Waals surface area contributed by atoms with Gasteiger partial charge in [-0.2, -0.15) is 11.3 Å². The second-order valence-electron chi connectivity index (χ2n) is 7.27. The quantitative estimate of drug-likeness (QED) is 0.844. The maximum Gasteiger partial charge on any atom is 0.236 e. The first-order chi connectivity index (χ1) is 13.3. The molecular formula is C20H27N5OS. The summed E-state index contributed by atoms with van der Waals surface area (Å²) in [5.41, 5.74) is 2.55. The van der Waals surface area contributed by atoms with Crippen LogP contribution in [0.15, 0.2) is 41.4 Å². The average Bonchev–Trinajstić information content (AvgIpc) is 3.23. The van der Waals surface area contributed by atoms with Crippen molar-refractivity contribution in [3.63, 3.8) is 0 Å². The summed E-state index contributed by atoms with van der Waals surface area (Å²) in [7, 11) is 0. The third-order valence-electron chi connectivity index (χ3n) is 5.47. The summed E-state index contributed by atoms with van der Waals surface area (Å²) in [6.07, 6.45) is 3.71. The molecule has 4 rings (SSSR count). The molecule has 2 aliphatic heterocycles. The number of hydrogen-bond donors (Lipinski definition) is 1. The van der Waals surface area contributed by atoms with Crippen molar-refractivity contribution in [3.05, 3.63) is 52.5 Å². The Morgan fingerprint density at radius 3 is 2.85 bits per heavy atom. The van der Waals surface area contributed by atoms with E-state index >= 15 is 0 Å². The van der Waals surface area contributed by atoms with Crippen LogP contribution in [0.3, 0.4) is 0 Å². The van der Waals surface area contributed by atoms with E-state index in [0.717, 1.165) is 52.4 Å². The van der Waals surface area contributed by atoms with Crippen LogP contribution in [0.5, 0.6) is 0 Å². The lowest BCUT2D eigenvalue weighted by Gasteiger charge is -2.39. The number of thiophene rings is 1. The van der Waals surface area contributed by atoms with Gasteiger partial charge in [0.25, 0.3) is 0 Å². The highest BCUT2D eigenvalue weighted by Gasteiger charge is 2.28. The Bertz CT molecular complexity index is 715. The van der Waals surface area contributed by atoms with Crippen molar-refractivity contribution in [1.82, 2.24) is 25.0 Å². The Morgan fingerprint density at radius 2 is 2.11 bits per heavy atom. The van der Waals surface area contributed by atoms with Crippen LogP contribution in [-0.4, -0.2) is 77.9 Å². The first-order valence-corrected chi connectivity index (χ1v) is 10.6. The molecule has 2 aromatic heterocycles. The fourth-order valence-corrected chi connectivity index (χ4v) is 4.57. The minimum absolute atomic E-state index is 0.219. The van der Waals surface area contributed by atoms with E-state index in [2.05, 4.69) is 43.0 Å². The van der Waals surface area contributed by atoms with E-state index in [4.69, 9.17) is 0 Å². The van der Waals surface area contributed by atoms with Crippen LogP contribution in [-0.2, 0) is 11.3 Å². The molecule has 4 heterocycles. The third kappa shape index (κ3) is 4.73. The molecule has 0 aromatic carbocycles. The predicted molar refractivity (Wildman–Crippen MR) is 108 cm³/mol. The van der Waals surface area contributed by atoms with Gasteiger partial charge < -0.3 is 10.2 Å². The summed E-state index contributed by atoms with van der Waals surface area (Å²) in [6, 6.07) is 6.48. The van der Waals surface area contributed by atoms with Crippen molar-refractivity contribution in [2.75, 3.05) is 52.4 Å². The number of nitrogens with one attached hydrogen (secondary N) is 1. The van der Waals surface area contributed by atoms with Gasteiger partial charge in [0.15, 0.2) is 0 Å². The van der Waals surface area contributed by atoms with Gasteiger partial charge in [-0.25, -0.2) is 0 Å². The molecule has 1 unspecified atom stereocenters. The van der Waals surface area contributed by atoms with E-state index in [0.29, 0.717) is 6.54 Å². The van der Waals surface area contributed by atoms with Crippen LogP contribution in [0.1, 0.15) is 17.2 Å². The Balaban J connectivity index is 1.30. The molecular weight excluding hydrogens is 358 g/mol. The Labute approximate surface area is 164 Å². The van der Waals surface area contributed by atoms with Crippen molar-refractivity contribution < 1.29 is 4.79 Å². The van der Waals surface area contributed by atoms with Gasteiger partial charge in [-0.15, -0.1) is 0 Å². The zero-order valence-electron chi connectivity index (χ0n) is 15.6. The Morgan fingerprint density at radius 1 is 1.22 bits per heavy atom. The van der Waals surface area contributed by atoms with Crippen molar-refractivity contribution in [3.8, 4) is 0 Å². The molecule has 0 spiro atoms.